The third-order valence-electron chi connectivity index (χ3n) is 4.99. The van der Waals surface area contributed by atoms with E-state index in [1.807, 2.05) is 32.0 Å². The van der Waals surface area contributed by atoms with Gasteiger partial charge in [-0.3, -0.25) is 14.3 Å². The van der Waals surface area contributed by atoms with Crippen molar-refractivity contribution < 1.29 is 13.6 Å². The molecule has 3 aromatic rings. The maximum atomic E-state index is 13.7. The van der Waals surface area contributed by atoms with Gasteiger partial charge in [0.05, 0.1) is 23.6 Å². The Morgan fingerprint density at radius 1 is 1.14 bits per heavy atom. The molecule has 0 aliphatic heterocycles. The Morgan fingerprint density at radius 3 is 2.43 bits per heavy atom. The zero-order chi connectivity index (χ0) is 20.4. The second-order valence-corrected chi connectivity index (χ2v) is 7.01. The first-order valence-electron chi connectivity index (χ1n) is 9.11. The van der Waals surface area contributed by atoms with Crippen LogP contribution in [0.4, 0.5) is 14.5 Å². The van der Waals surface area contributed by atoms with Crippen LogP contribution in [0.25, 0.3) is 11.0 Å². The van der Waals surface area contributed by atoms with Crippen molar-refractivity contribution in [2.45, 2.75) is 33.4 Å². The lowest BCUT2D eigenvalue weighted by Gasteiger charge is -2.24. The van der Waals surface area contributed by atoms with E-state index in [0.717, 1.165) is 21.4 Å². The molecule has 0 saturated heterocycles. The Bertz CT molecular complexity index is 979. The maximum absolute atomic E-state index is 13.7. The minimum atomic E-state index is -2.71. The molecule has 0 radical (unpaired) electrons. The van der Waals surface area contributed by atoms with Crippen molar-refractivity contribution >= 4 is 22.6 Å². The topological polar surface area (TPSA) is 50.2 Å². The van der Waals surface area contributed by atoms with E-state index in [-0.39, 0.29) is 18.3 Å². The third kappa shape index (κ3) is 3.89. The van der Waals surface area contributed by atoms with Crippen LogP contribution in [0.1, 0.15) is 36.5 Å². The fourth-order valence-corrected chi connectivity index (χ4v) is 3.31. The SMILES string of the molecule is Cc1cccc(C)c1NC(=O)CN(C)[C@@H](C)c1nc2ccccc2n1C(F)F. The van der Waals surface area contributed by atoms with Crippen molar-refractivity contribution in [3.05, 3.63) is 59.4 Å². The first kappa shape index (κ1) is 19.9. The van der Waals surface area contributed by atoms with Crippen LogP contribution in [0.3, 0.4) is 0 Å². The molecule has 1 amide bonds. The van der Waals surface area contributed by atoms with Gasteiger partial charge in [-0.2, -0.15) is 8.78 Å². The summed E-state index contributed by atoms with van der Waals surface area (Å²) < 4.78 is 28.3. The van der Waals surface area contributed by atoms with Crippen molar-refractivity contribution in [2.24, 2.45) is 0 Å². The summed E-state index contributed by atoms with van der Waals surface area (Å²) in [7, 11) is 1.73. The van der Waals surface area contributed by atoms with Crippen LogP contribution in [0.5, 0.6) is 0 Å². The number of anilines is 1. The fourth-order valence-electron chi connectivity index (χ4n) is 3.31. The van der Waals surface area contributed by atoms with E-state index in [0.29, 0.717) is 11.0 Å². The highest BCUT2D eigenvalue weighted by Gasteiger charge is 2.25. The first-order chi connectivity index (χ1) is 13.3. The van der Waals surface area contributed by atoms with Gasteiger partial charge in [0.1, 0.15) is 5.82 Å². The lowest BCUT2D eigenvalue weighted by Crippen LogP contribution is -2.33. The smallest absolute Gasteiger partial charge is 0.320 e. The third-order valence-corrected chi connectivity index (χ3v) is 4.99. The number of para-hydroxylation sites is 3. The zero-order valence-electron chi connectivity index (χ0n) is 16.4. The fraction of sp³-hybridized carbons (Fsp3) is 0.333. The van der Waals surface area contributed by atoms with Crippen LogP contribution in [0, 0.1) is 13.8 Å². The van der Waals surface area contributed by atoms with E-state index in [1.54, 1.807) is 43.1 Å². The number of nitrogens with one attached hydrogen (secondary N) is 1. The minimum absolute atomic E-state index is 0.0569. The van der Waals surface area contributed by atoms with E-state index >= 15 is 0 Å². The number of alkyl halides is 2. The number of amides is 1. The number of nitrogens with zero attached hydrogens (tertiary/aromatic N) is 3. The Hall–Kier alpha value is -2.80. The normalized spacial score (nSPS) is 12.7. The van der Waals surface area contributed by atoms with Gasteiger partial charge in [0.15, 0.2) is 0 Å². The summed E-state index contributed by atoms with van der Waals surface area (Å²) in [5.41, 5.74) is 3.63. The standard InChI is InChI=1S/C21H24F2N4O/c1-13-8-7-9-14(2)19(13)25-18(28)12-26(4)15(3)20-24-16-10-5-6-11-17(16)27(20)21(22)23/h5-11,15,21H,12H2,1-4H3,(H,25,28)/t15-/m0/s1. The summed E-state index contributed by atoms with van der Waals surface area (Å²) >= 11 is 0. The van der Waals surface area contributed by atoms with Gasteiger partial charge in [-0.1, -0.05) is 30.3 Å². The predicted molar refractivity (Wildman–Crippen MR) is 107 cm³/mol. The van der Waals surface area contributed by atoms with E-state index in [2.05, 4.69) is 10.3 Å². The average Bonchev–Trinajstić information content (AvgIpc) is 3.03. The van der Waals surface area contributed by atoms with E-state index in [4.69, 9.17) is 0 Å². The van der Waals surface area contributed by atoms with Crippen molar-refractivity contribution in [1.82, 2.24) is 14.5 Å². The highest BCUT2D eigenvalue weighted by atomic mass is 19.3. The molecule has 3 rings (SSSR count). The van der Waals surface area contributed by atoms with Crippen molar-refractivity contribution in [3.8, 4) is 0 Å². The number of imidazole rings is 1. The molecule has 1 aromatic heterocycles. The second kappa shape index (κ2) is 8.06. The van der Waals surface area contributed by atoms with Gasteiger partial charge in [-0.15, -0.1) is 0 Å². The van der Waals surface area contributed by atoms with Crippen LogP contribution in [0.15, 0.2) is 42.5 Å². The number of halogens is 2. The van der Waals surface area contributed by atoms with Gasteiger partial charge in [0.25, 0.3) is 0 Å². The van der Waals surface area contributed by atoms with Crippen LogP contribution in [-0.2, 0) is 4.79 Å². The summed E-state index contributed by atoms with van der Waals surface area (Å²) in [6.07, 6.45) is 0. The average molecular weight is 386 g/mol. The molecule has 0 spiro atoms. The van der Waals surface area contributed by atoms with Crippen LogP contribution in [0.2, 0.25) is 0 Å². The Kier molecular flexibility index (Phi) is 5.74. The Balaban J connectivity index is 1.79. The maximum Gasteiger partial charge on any atom is 0.320 e. The van der Waals surface area contributed by atoms with E-state index in [9.17, 15) is 13.6 Å². The molecule has 2 aromatic carbocycles. The number of hydrogen-bond donors (Lipinski definition) is 1. The minimum Gasteiger partial charge on any atom is -0.324 e. The van der Waals surface area contributed by atoms with Crippen molar-refractivity contribution in [1.29, 1.82) is 0 Å². The highest BCUT2D eigenvalue weighted by Crippen LogP contribution is 2.28. The molecule has 0 bridgehead atoms. The van der Waals surface area contributed by atoms with Crippen molar-refractivity contribution in [3.63, 3.8) is 0 Å². The second-order valence-electron chi connectivity index (χ2n) is 7.01. The first-order valence-corrected chi connectivity index (χ1v) is 9.11. The lowest BCUT2D eigenvalue weighted by molar-refractivity contribution is -0.117. The molecule has 1 heterocycles. The molecule has 7 heteroatoms. The molecule has 0 unspecified atom stereocenters. The molecule has 1 atom stereocenters. The van der Waals surface area contributed by atoms with Gasteiger partial charge >= 0.3 is 6.55 Å². The van der Waals surface area contributed by atoms with Crippen LogP contribution >= 0.6 is 0 Å². The van der Waals surface area contributed by atoms with Crippen molar-refractivity contribution in [2.75, 3.05) is 18.9 Å². The predicted octanol–water partition coefficient (Wildman–Crippen LogP) is 4.68. The zero-order valence-corrected chi connectivity index (χ0v) is 16.4. The molecular formula is C21H24F2N4O. The number of aryl methyl sites for hydroxylation is 2. The number of hydrogen-bond acceptors (Lipinski definition) is 3. The Morgan fingerprint density at radius 2 is 1.79 bits per heavy atom. The summed E-state index contributed by atoms with van der Waals surface area (Å²) in [5.74, 6) is 0.0324. The quantitative estimate of drug-likeness (QED) is 0.669. The Labute approximate surface area is 163 Å². The summed E-state index contributed by atoms with van der Waals surface area (Å²) in [5, 5.41) is 2.92. The molecule has 148 valence electrons. The summed E-state index contributed by atoms with van der Waals surface area (Å²) in [6, 6.07) is 12.1. The summed E-state index contributed by atoms with van der Waals surface area (Å²) in [6.45, 7) is 2.98. The number of fused-ring (bicyclic) bond motifs is 1. The molecule has 5 nitrogen and oxygen atoms in total. The van der Waals surface area contributed by atoms with Crippen LogP contribution in [-0.4, -0.2) is 34.0 Å². The van der Waals surface area contributed by atoms with E-state index in [1.165, 1.54) is 0 Å². The summed E-state index contributed by atoms with van der Waals surface area (Å²) in [4.78, 5) is 18.6. The number of carbonyl (C=O) groups excluding carboxylic acids is 1. The molecule has 0 saturated carbocycles. The van der Waals surface area contributed by atoms with Gasteiger partial charge in [0, 0.05) is 5.69 Å². The molecule has 0 fully saturated rings. The monoisotopic (exact) mass is 386 g/mol. The highest BCUT2D eigenvalue weighted by molar-refractivity contribution is 5.93. The molecular weight excluding hydrogens is 362 g/mol. The van der Waals surface area contributed by atoms with Gasteiger partial charge in [-0.25, -0.2) is 4.98 Å². The largest absolute Gasteiger partial charge is 0.324 e. The molecule has 28 heavy (non-hydrogen) atoms. The van der Waals surface area contributed by atoms with Crippen LogP contribution < -0.4 is 5.32 Å². The number of rotatable bonds is 6. The number of carbonyl (C=O) groups is 1. The lowest BCUT2D eigenvalue weighted by atomic mass is 10.1. The molecule has 0 aliphatic rings. The van der Waals surface area contributed by atoms with Gasteiger partial charge in [0.2, 0.25) is 5.91 Å². The van der Waals surface area contributed by atoms with Gasteiger partial charge < -0.3 is 5.32 Å². The molecule has 0 aliphatic carbocycles. The van der Waals surface area contributed by atoms with E-state index < -0.39 is 12.6 Å². The number of aromatic nitrogens is 2. The number of benzene rings is 2. The number of likely N-dealkylation sites (N-methyl/N-ethyl adjacent to an activating group) is 1. The molecule has 1 N–H and O–H groups in total. The van der Waals surface area contributed by atoms with Gasteiger partial charge in [-0.05, 0) is 51.1 Å².